The minimum Gasteiger partial charge on any atom is -0.298 e. The number of benzene rings is 2. The number of sulfonamides is 1. The highest BCUT2D eigenvalue weighted by Crippen LogP contribution is 2.29. The summed E-state index contributed by atoms with van der Waals surface area (Å²) in [6, 6.07) is 10.6. The van der Waals surface area contributed by atoms with Gasteiger partial charge in [0.2, 0.25) is 10.0 Å². The van der Waals surface area contributed by atoms with Gasteiger partial charge in [-0.3, -0.25) is 20.2 Å². The maximum absolute atomic E-state index is 12.6. The first-order valence-corrected chi connectivity index (χ1v) is 11.7. The SMILES string of the molecule is Cc1ccc(-c2csc(NC(=O)c3cccc(S(=O)(=O)NC4CC4)c3)n2)cc1[N+](=O)[O-]. The van der Waals surface area contributed by atoms with Gasteiger partial charge < -0.3 is 0 Å². The molecule has 0 spiro atoms. The van der Waals surface area contributed by atoms with Gasteiger partial charge in [0.1, 0.15) is 0 Å². The monoisotopic (exact) mass is 458 g/mol. The lowest BCUT2D eigenvalue weighted by Crippen LogP contribution is -2.26. The summed E-state index contributed by atoms with van der Waals surface area (Å²) in [6.45, 7) is 1.66. The van der Waals surface area contributed by atoms with E-state index in [1.807, 2.05) is 0 Å². The first-order valence-electron chi connectivity index (χ1n) is 9.37. The van der Waals surface area contributed by atoms with Crippen molar-refractivity contribution in [3.63, 3.8) is 0 Å². The van der Waals surface area contributed by atoms with Crippen molar-refractivity contribution >= 4 is 38.1 Å². The molecule has 0 radical (unpaired) electrons. The summed E-state index contributed by atoms with van der Waals surface area (Å²) in [4.78, 5) is 27.7. The number of rotatable bonds is 7. The fourth-order valence-electron chi connectivity index (χ4n) is 2.89. The number of thiazole rings is 1. The minimum absolute atomic E-state index is 0.00563. The van der Waals surface area contributed by atoms with E-state index < -0.39 is 20.9 Å². The summed E-state index contributed by atoms with van der Waals surface area (Å²) in [7, 11) is -3.67. The van der Waals surface area contributed by atoms with E-state index in [0.717, 1.165) is 12.8 Å². The third kappa shape index (κ3) is 4.79. The summed E-state index contributed by atoms with van der Waals surface area (Å²) in [5.41, 5.74) is 1.78. The fraction of sp³-hybridized carbons (Fsp3) is 0.200. The number of carbonyl (C=O) groups excluding carboxylic acids is 1. The Morgan fingerprint density at radius 1 is 1.23 bits per heavy atom. The van der Waals surface area contributed by atoms with Crippen molar-refractivity contribution in [1.82, 2.24) is 9.71 Å². The van der Waals surface area contributed by atoms with Gasteiger partial charge in [0.25, 0.3) is 11.6 Å². The Hall–Kier alpha value is -3.15. The van der Waals surface area contributed by atoms with Crippen LogP contribution < -0.4 is 10.0 Å². The van der Waals surface area contributed by atoms with E-state index in [2.05, 4.69) is 15.0 Å². The maximum Gasteiger partial charge on any atom is 0.272 e. The molecule has 31 heavy (non-hydrogen) atoms. The number of aryl methyl sites for hydroxylation is 1. The third-order valence-corrected chi connectivity index (χ3v) is 7.01. The highest BCUT2D eigenvalue weighted by atomic mass is 32.2. The second-order valence-corrected chi connectivity index (χ2v) is 9.75. The van der Waals surface area contributed by atoms with Crippen LogP contribution in [0, 0.1) is 17.0 Å². The molecular formula is C20H18N4O5S2. The third-order valence-electron chi connectivity index (χ3n) is 4.73. The van der Waals surface area contributed by atoms with Crippen LogP contribution in [-0.2, 0) is 10.0 Å². The molecule has 160 valence electrons. The van der Waals surface area contributed by atoms with Crippen LogP contribution >= 0.6 is 11.3 Å². The lowest BCUT2D eigenvalue weighted by Gasteiger charge is -2.07. The van der Waals surface area contributed by atoms with Crippen LogP contribution in [0.2, 0.25) is 0 Å². The largest absolute Gasteiger partial charge is 0.298 e. The Bertz CT molecular complexity index is 1280. The highest BCUT2D eigenvalue weighted by molar-refractivity contribution is 7.89. The number of aromatic nitrogens is 1. The Labute approximate surface area is 182 Å². The van der Waals surface area contributed by atoms with Crippen LogP contribution in [0.4, 0.5) is 10.8 Å². The molecule has 1 heterocycles. The number of nitrogens with one attached hydrogen (secondary N) is 2. The summed E-state index contributed by atoms with van der Waals surface area (Å²) in [5, 5.41) is 15.8. The smallest absolute Gasteiger partial charge is 0.272 e. The summed E-state index contributed by atoms with van der Waals surface area (Å²) >= 11 is 1.17. The Kier molecular flexibility index (Phi) is 5.56. The summed E-state index contributed by atoms with van der Waals surface area (Å²) < 4.78 is 27.3. The van der Waals surface area contributed by atoms with Crippen molar-refractivity contribution in [2.45, 2.75) is 30.7 Å². The Morgan fingerprint density at radius 3 is 2.71 bits per heavy atom. The molecule has 11 heteroatoms. The first kappa shape index (κ1) is 21.1. The summed E-state index contributed by atoms with van der Waals surface area (Å²) in [5.74, 6) is -0.501. The van der Waals surface area contributed by atoms with Gasteiger partial charge in [-0.1, -0.05) is 18.2 Å². The molecule has 3 aromatic rings. The zero-order valence-electron chi connectivity index (χ0n) is 16.4. The van der Waals surface area contributed by atoms with E-state index >= 15 is 0 Å². The molecule has 1 amide bonds. The zero-order chi connectivity index (χ0) is 22.2. The van der Waals surface area contributed by atoms with Gasteiger partial charge in [0, 0.05) is 34.2 Å². The molecule has 2 N–H and O–H groups in total. The van der Waals surface area contributed by atoms with E-state index in [1.165, 1.54) is 41.7 Å². The zero-order valence-corrected chi connectivity index (χ0v) is 18.0. The van der Waals surface area contributed by atoms with Crippen molar-refractivity contribution in [2.75, 3.05) is 5.32 Å². The van der Waals surface area contributed by atoms with Gasteiger partial charge in [-0.15, -0.1) is 11.3 Å². The average Bonchev–Trinajstić information content (AvgIpc) is 3.41. The van der Waals surface area contributed by atoms with Gasteiger partial charge in [0.15, 0.2) is 5.13 Å². The Balaban J connectivity index is 1.51. The lowest BCUT2D eigenvalue weighted by molar-refractivity contribution is -0.385. The number of amides is 1. The molecular weight excluding hydrogens is 440 g/mol. The van der Waals surface area contributed by atoms with Crippen molar-refractivity contribution in [3.05, 3.63) is 69.1 Å². The number of nitro benzene ring substituents is 1. The van der Waals surface area contributed by atoms with E-state index in [-0.39, 0.29) is 22.2 Å². The number of carbonyl (C=O) groups is 1. The van der Waals surface area contributed by atoms with Gasteiger partial charge in [-0.2, -0.15) is 0 Å². The van der Waals surface area contributed by atoms with E-state index in [1.54, 1.807) is 24.4 Å². The normalized spacial score (nSPS) is 13.7. The minimum atomic E-state index is -3.67. The molecule has 9 nitrogen and oxygen atoms in total. The molecule has 4 rings (SSSR count). The lowest BCUT2D eigenvalue weighted by atomic mass is 10.1. The molecule has 0 saturated heterocycles. The molecule has 0 atom stereocenters. The van der Waals surface area contributed by atoms with Crippen LogP contribution in [0.5, 0.6) is 0 Å². The Morgan fingerprint density at radius 2 is 2.00 bits per heavy atom. The number of anilines is 1. The molecule has 1 fully saturated rings. The number of nitrogens with zero attached hydrogens (tertiary/aromatic N) is 2. The van der Waals surface area contributed by atoms with Crippen molar-refractivity contribution < 1.29 is 18.1 Å². The summed E-state index contributed by atoms with van der Waals surface area (Å²) in [6.07, 6.45) is 1.63. The van der Waals surface area contributed by atoms with Crippen LogP contribution in [0.15, 0.2) is 52.7 Å². The molecule has 0 bridgehead atoms. The molecule has 0 unspecified atom stereocenters. The number of hydrogen-bond donors (Lipinski definition) is 2. The van der Waals surface area contributed by atoms with Crippen LogP contribution in [-0.4, -0.2) is 30.3 Å². The molecule has 2 aromatic carbocycles. The molecule has 0 aliphatic heterocycles. The predicted molar refractivity (Wildman–Crippen MR) is 117 cm³/mol. The molecule has 1 saturated carbocycles. The van der Waals surface area contributed by atoms with Gasteiger partial charge >= 0.3 is 0 Å². The predicted octanol–water partition coefficient (Wildman–Crippen LogP) is 3.72. The van der Waals surface area contributed by atoms with Gasteiger partial charge in [-0.25, -0.2) is 18.1 Å². The second-order valence-electron chi connectivity index (χ2n) is 7.17. The van der Waals surface area contributed by atoms with Gasteiger partial charge in [0.05, 0.1) is 15.5 Å². The van der Waals surface area contributed by atoms with Crippen molar-refractivity contribution in [1.29, 1.82) is 0 Å². The molecule has 1 aliphatic rings. The van der Waals surface area contributed by atoms with Crippen molar-refractivity contribution in [2.24, 2.45) is 0 Å². The standard InChI is InChI=1S/C20H18N4O5S2/c1-12-5-6-13(10-18(12)24(26)27)17-11-30-20(21-17)22-19(25)14-3-2-4-16(9-14)31(28,29)23-15-7-8-15/h2-6,9-11,15,23H,7-8H2,1H3,(H,21,22,25). The van der Waals surface area contributed by atoms with E-state index in [4.69, 9.17) is 0 Å². The second kappa shape index (κ2) is 8.17. The van der Waals surface area contributed by atoms with Crippen LogP contribution in [0.1, 0.15) is 28.8 Å². The van der Waals surface area contributed by atoms with E-state index in [9.17, 15) is 23.3 Å². The number of hydrogen-bond acceptors (Lipinski definition) is 7. The fourth-order valence-corrected chi connectivity index (χ4v) is 4.96. The van der Waals surface area contributed by atoms with Crippen LogP contribution in [0.3, 0.4) is 0 Å². The van der Waals surface area contributed by atoms with Crippen LogP contribution in [0.25, 0.3) is 11.3 Å². The maximum atomic E-state index is 12.6. The first-order chi connectivity index (χ1) is 14.7. The molecule has 1 aromatic heterocycles. The van der Waals surface area contributed by atoms with E-state index in [0.29, 0.717) is 22.0 Å². The highest BCUT2D eigenvalue weighted by Gasteiger charge is 2.28. The van der Waals surface area contributed by atoms with Crippen molar-refractivity contribution in [3.8, 4) is 11.3 Å². The average molecular weight is 459 g/mol. The number of nitro groups is 1. The quantitative estimate of drug-likeness (QED) is 0.410. The van der Waals surface area contributed by atoms with Gasteiger partial charge in [-0.05, 0) is 38.0 Å². The topological polar surface area (TPSA) is 131 Å². The molecule has 1 aliphatic carbocycles.